The first-order chi connectivity index (χ1) is 13.6. The molecule has 0 atom stereocenters. The fourth-order valence-electron chi connectivity index (χ4n) is 3.19. The van der Waals surface area contributed by atoms with Crippen LogP contribution in [0.1, 0.15) is 21.5 Å². The standard InChI is InChI=1S/C22H18FN3OS/c1-13-6-7-20(23)18(8-13)21(27)19-12-25-22-17(19)10-15(11-24-22)14-4-3-5-16(9-14)26-28-2/h3-12,26H,1-2H3,(H,24,25). The number of rotatable bonds is 5. The number of nitrogens with zero attached hydrogens (tertiary/aromatic N) is 1. The molecule has 0 unspecified atom stereocenters. The third-order valence-corrected chi connectivity index (χ3v) is 5.00. The van der Waals surface area contributed by atoms with Crippen LogP contribution in [-0.2, 0) is 0 Å². The number of ketones is 1. The number of aromatic amines is 1. The molecule has 28 heavy (non-hydrogen) atoms. The zero-order valence-corrected chi connectivity index (χ0v) is 16.2. The van der Waals surface area contributed by atoms with Crippen molar-refractivity contribution < 1.29 is 9.18 Å². The number of halogens is 1. The van der Waals surface area contributed by atoms with Crippen LogP contribution in [0.3, 0.4) is 0 Å². The molecule has 0 aliphatic carbocycles. The van der Waals surface area contributed by atoms with Crippen molar-refractivity contribution in [1.29, 1.82) is 0 Å². The summed E-state index contributed by atoms with van der Waals surface area (Å²) in [6.07, 6.45) is 5.32. The predicted octanol–water partition coefficient (Wildman–Crippen LogP) is 5.60. The Morgan fingerprint density at radius 2 is 1.96 bits per heavy atom. The zero-order chi connectivity index (χ0) is 19.7. The zero-order valence-electron chi connectivity index (χ0n) is 15.4. The predicted molar refractivity (Wildman–Crippen MR) is 113 cm³/mol. The molecule has 4 aromatic rings. The second-order valence-corrected chi connectivity index (χ2v) is 7.13. The van der Waals surface area contributed by atoms with E-state index >= 15 is 0 Å². The lowest BCUT2D eigenvalue weighted by Gasteiger charge is -2.07. The van der Waals surface area contributed by atoms with E-state index in [0.29, 0.717) is 16.6 Å². The van der Waals surface area contributed by atoms with Crippen LogP contribution in [0.5, 0.6) is 0 Å². The molecule has 0 aliphatic heterocycles. The number of H-pyrrole nitrogens is 1. The second kappa shape index (κ2) is 7.48. The third-order valence-electron chi connectivity index (χ3n) is 4.56. The van der Waals surface area contributed by atoms with Gasteiger partial charge < -0.3 is 9.71 Å². The Bertz CT molecular complexity index is 1190. The number of carbonyl (C=O) groups is 1. The molecule has 2 aromatic carbocycles. The van der Waals surface area contributed by atoms with Gasteiger partial charge in [-0.1, -0.05) is 35.7 Å². The molecule has 0 saturated heterocycles. The number of fused-ring (bicyclic) bond motifs is 1. The SMILES string of the molecule is CSNc1cccc(-c2cnc3[nH]cc(C(=O)c4cc(C)ccc4F)c3c2)c1. The van der Waals surface area contributed by atoms with E-state index in [1.165, 1.54) is 18.0 Å². The lowest BCUT2D eigenvalue weighted by Crippen LogP contribution is -2.04. The van der Waals surface area contributed by atoms with Crippen LogP contribution in [0.2, 0.25) is 0 Å². The average Bonchev–Trinajstić information content (AvgIpc) is 3.13. The Balaban J connectivity index is 1.79. The number of aromatic nitrogens is 2. The van der Waals surface area contributed by atoms with E-state index in [9.17, 15) is 9.18 Å². The highest BCUT2D eigenvalue weighted by Crippen LogP contribution is 2.28. The molecule has 0 radical (unpaired) electrons. The van der Waals surface area contributed by atoms with Crippen LogP contribution in [0, 0.1) is 12.7 Å². The van der Waals surface area contributed by atoms with E-state index < -0.39 is 5.82 Å². The highest BCUT2D eigenvalue weighted by molar-refractivity contribution is 7.99. The summed E-state index contributed by atoms with van der Waals surface area (Å²) in [5.41, 5.74) is 4.76. The minimum Gasteiger partial charge on any atom is -0.345 e. The Labute approximate surface area is 166 Å². The lowest BCUT2D eigenvalue weighted by atomic mass is 9.99. The first-order valence-corrected chi connectivity index (χ1v) is 9.96. The Morgan fingerprint density at radius 3 is 2.79 bits per heavy atom. The van der Waals surface area contributed by atoms with Gasteiger partial charge in [-0.05, 0) is 42.8 Å². The van der Waals surface area contributed by atoms with Crippen molar-refractivity contribution in [1.82, 2.24) is 9.97 Å². The summed E-state index contributed by atoms with van der Waals surface area (Å²) >= 11 is 1.52. The van der Waals surface area contributed by atoms with Gasteiger partial charge in [-0.2, -0.15) is 0 Å². The summed E-state index contributed by atoms with van der Waals surface area (Å²) in [7, 11) is 0. The lowest BCUT2D eigenvalue weighted by molar-refractivity contribution is 0.103. The largest absolute Gasteiger partial charge is 0.345 e. The summed E-state index contributed by atoms with van der Waals surface area (Å²) < 4.78 is 17.4. The maximum atomic E-state index is 14.2. The molecule has 140 valence electrons. The van der Waals surface area contributed by atoms with Gasteiger partial charge in [0.1, 0.15) is 11.5 Å². The third kappa shape index (κ3) is 3.39. The van der Waals surface area contributed by atoms with Crippen LogP contribution < -0.4 is 4.72 Å². The highest BCUT2D eigenvalue weighted by atomic mass is 32.2. The van der Waals surface area contributed by atoms with Crippen LogP contribution in [0.15, 0.2) is 60.9 Å². The molecular weight excluding hydrogens is 373 g/mol. The molecule has 0 aliphatic rings. The maximum Gasteiger partial charge on any atom is 0.198 e. The molecule has 4 rings (SSSR count). The van der Waals surface area contributed by atoms with Gasteiger partial charge in [-0.15, -0.1) is 0 Å². The van der Waals surface area contributed by atoms with Gasteiger partial charge in [0.25, 0.3) is 0 Å². The number of aryl methyl sites for hydroxylation is 1. The van der Waals surface area contributed by atoms with Gasteiger partial charge in [0.05, 0.1) is 5.56 Å². The molecule has 0 spiro atoms. The fourth-order valence-corrected chi connectivity index (χ4v) is 3.55. The minimum absolute atomic E-state index is 0.0671. The van der Waals surface area contributed by atoms with E-state index in [0.717, 1.165) is 22.4 Å². The maximum absolute atomic E-state index is 14.2. The van der Waals surface area contributed by atoms with Gasteiger partial charge in [0, 0.05) is 40.8 Å². The highest BCUT2D eigenvalue weighted by Gasteiger charge is 2.19. The number of anilines is 1. The van der Waals surface area contributed by atoms with Crippen molar-refractivity contribution in [2.75, 3.05) is 11.0 Å². The second-order valence-electron chi connectivity index (χ2n) is 6.52. The van der Waals surface area contributed by atoms with E-state index in [1.807, 2.05) is 43.5 Å². The van der Waals surface area contributed by atoms with Crippen LogP contribution in [-0.4, -0.2) is 22.0 Å². The molecule has 2 N–H and O–H groups in total. The van der Waals surface area contributed by atoms with E-state index in [1.54, 1.807) is 24.5 Å². The number of hydrogen-bond donors (Lipinski definition) is 2. The first kappa shape index (κ1) is 18.3. The number of nitrogens with one attached hydrogen (secondary N) is 2. The van der Waals surface area contributed by atoms with Crippen molar-refractivity contribution in [2.24, 2.45) is 0 Å². The van der Waals surface area contributed by atoms with Crippen molar-refractivity contribution in [3.05, 3.63) is 83.4 Å². The van der Waals surface area contributed by atoms with Crippen LogP contribution in [0.4, 0.5) is 10.1 Å². The molecule has 0 amide bonds. The van der Waals surface area contributed by atoms with Crippen molar-refractivity contribution in [2.45, 2.75) is 6.92 Å². The van der Waals surface area contributed by atoms with Crippen LogP contribution in [0.25, 0.3) is 22.2 Å². The van der Waals surface area contributed by atoms with Gasteiger partial charge in [0.2, 0.25) is 0 Å². The molecule has 0 bridgehead atoms. The molecule has 0 saturated carbocycles. The first-order valence-electron chi connectivity index (χ1n) is 8.74. The van der Waals surface area contributed by atoms with Crippen molar-refractivity contribution in [3.8, 4) is 11.1 Å². The molecule has 6 heteroatoms. The molecular formula is C22H18FN3OS. The summed E-state index contributed by atoms with van der Waals surface area (Å²) in [4.78, 5) is 20.4. The monoisotopic (exact) mass is 391 g/mol. The molecule has 4 nitrogen and oxygen atoms in total. The summed E-state index contributed by atoms with van der Waals surface area (Å²) in [6.45, 7) is 1.83. The Morgan fingerprint density at radius 1 is 1.11 bits per heavy atom. The summed E-state index contributed by atoms with van der Waals surface area (Å²) in [6, 6.07) is 14.4. The van der Waals surface area contributed by atoms with Gasteiger partial charge in [0.15, 0.2) is 5.78 Å². The fraction of sp³-hybridized carbons (Fsp3) is 0.0909. The van der Waals surface area contributed by atoms with E-state index in [4.69, 9.17) is 0 Å². The van der Waals surface area contributed by atoms with Crippen LogP contribution >= 0.6 is 11.9 Å². The number of hydrogen-bond acceptors (Lipinski definition) is 4. The van der Waals surface area contributed by atoms with E-state index in [-0.39, 0.29) is 11.3 Å². The molecule has 2 heterocycles. The summed E-state index contributed by atoms with van der Waals surface area (Å²) in [5.74, 6) is -0.880. The Hall–Kier alpha value is -3.12. The smallest absolute Gasteiger partial charge is 0.198 e. The molecule has 0 fully saturated rings. The topological polar surface area (TPSA) is 57.8 Å². The molecule has 2 aromatic heterocycles. The van der Waals surface area contributed by atoms with Crippen molar-refractivity contribution >= 4 is 34.5 Å². The normalized spacial score (nSPS) is 11.0. The minimum atomic E-state index is -0.523. The number of carbonyl (C=O) groups excluding carboxylic acids is 1. The Kier molecular flexibility index (Phi) is 4.88. The van der Waals surface area contributed by atoms with Crippen molar-refractivity contribution in [3.63, 3.8) is 0 Å². The quantitative estimate of drug-likeness (QED) is 0.343. The average molecular weight is 391 g/mol. The summed E-state index contributed by atoms with van der Waals surface area (Å²) in [5, 5.41) is 0.673. The van der Waals surface area contributed by atoms with E-state index in [2.05, 4.69) is 14.7 Å². The van der Waals surface area contributed by atoms with Gasteiger partial charge >= 0.3 is 0 Å². The number of benzene rings is 2. The number of pyridine rings is 1. The van der Waals surface area contributed by atoms with Gasteiger partial charge in [-0.25, -0.2) is 9.37 Å². The van der Waals surface area contributed by atoms with Gasteiger partial charge in [-0.3, -0.25) is 4.79 Å².